The maximum Gasteiger partial charge on any atom is 0.318 e. The van der Waals surface area contributed by atoms with E-state index in [4.69, 9.17) is 5.73 Å². The molecule has 1 unspecified atom stereocenters. The van der Waals surface area contributed by atoms with Gasteiger partial charge in [0.05, 0.1) is 11.7 Å². The molecule has 19 heavy (non-hydrogen) atoms. The summed E-state index contributed by atoms with van der Waals surface area (Å²) in [6, 6.07) is 5.09. The minimum absolute atomic E-state index is 0.0105. The fraction of sp³-hybridized carbons (Fsp3) is 0.462. The number of hydrogen-bond acceptors (Lipinski definition) is 3. The number of rotatable bonds is 5. The van der Waals surface area contributed by atoms with Gasteiger partial charge in [-0.3, -0.25) is 15.3 Å². The van der Waals surface area contributed by atoms with Crippen LogP contribution in [-0.4, -0.2) is 23.5 Å². The third-order valence-electron chi connectivity index (χ3n) is 2.50. The normalized spacial score (nSPS) is 12.8. The number of carbonyl (C=O) groups is 1. The van der Waals surface area contributed by atoms with Gasteiger partial charge < -0.3 is 11.1 Å². The quantitative estimate of drug-likeness (QED) is 0.556. The van der Waals surface area contributed by atoms with Crippen LogP contribution in [0.25, 0.3) is 0 Å². The van der Waals surface area contributed by atoms with Crippen LogP contribution in [0.15, 0.2) is 29.4 Å². The molecule has 0 radical (unpaired) electrons. The van der Waals surface area contributed by atoms with Crippen molar-refractivity contribution in [3.63, 3.8) is 0 Å². The summed E-state index contributed by atoms with van der Waals surface area (Å²) in [5.74, 6) is 0.395. The molecule has 1 atom stereocenters. The van der Waals surface area contributed by atoms with Crippen molar-refractivity contribution >= 4 is 12.0 Å². The number of aromatic nitrogens is 1. The summed E-state index contributed by atoms with van der Waals surface area (Å²) < 4.78 is 0. The Balaban J connectivity index is 2.78. The molecule has 4 N–H and O–H groups in total. The van der Waals surface area contributed by atoms with Gasteiger partial charge in [0, 0.05) is 12.7 Å². The predicted molar refractivity (Wildman–Crippen MR) is 75.7 cm³/mol. The number of hydrogen-bond donors (Lipinski definition) is 3. The molecule has 0 saturated heterocycles. The van der Waals surface area contributed by atoms with Crippen molar-refractivity contribution in [3.8, 4) is 0 Å². The maximum absolute atomic E-state index is 11.0. The van der Waals surface area contributed by atoms with Gasteiger partial charge in [-0.05, 0) is 25.0 Å². The Morgan fingerprint density at radius 1 is 1.47 bits per heavy atom. The van der Waals surface area contributed by atoms with E-state index >= 15 is 0 Å². The average molecular weight is 263 g/mol. The van der Waals surface area contributed by atoms with Crippen LogP contribution in [0.4, 0.5) is 4.79 Å². The molecule has 0 aromatic carbocycles. The second kappa shape index (κ2) is 8.07. The Morgan fingerprint density at radius 3 is 2.79 bits per heavy atom. The van der Waals surface area contributed by atoms with Gasteiger partial charge in [-0.1, -0.05) is 19.9 Å². The number of carbonyl (C=O) groups excluding carboxylic acids is 1. The maximum atomic E-state index is 11.0. The van der Waals surface area contributed by atoms with Crippen LogP contribution < -0.4 is 16.4 Å². The topological polar surface area (TPSA) is 92.4 Å². The SMILES string of the molecule is CCCN=C(NC(N)=O)NC(CC)c1ccccn1. The first-order valence-corrected chi connectivity index (χ1v) is 6.45. The molecule has 1 heterocycles. The fourth-order valence-corrected chi connectivity index (χ4v) is 1.59. The first kappa shape index (κ1) is 14.9. The number of nitrogens with zero attached hydrogens (tertiary/aromatic N) is 2. The summed E-state index contributed by atoms with van der Waals surface area (Å²) in [6.45, 7) is 4.68. The van der Waals surface area contributed by atoms with E-state index < -0.39 is 6.03 Å². The lowest BCUT2D eigenvalue weighted by atomic mass is 10.1. The van der Waals surface area contributed by atoms with Crippen LogP contribution in [0, 0.1) is 0 Å². The Morgan fingerprint density at radius 2 is 2.26 bits per heavy atom. The molecule has 1 aromatic heterocycles. The lowest BCUT2D eigenvalue weighted by Crippen LogP contribution is -2.45. The van der Waals surface area contributed by atoms with Gasteiger partial charge in [0.15, 0.2) is 5.96 Å². The summed E-state index contributed by atoms with van der Waals surface area (Å²) in [5.41, 5.74) is 6.04. The second-order valence-electron chi connectivity index (χ2n) is 4.08. The van der Waals surface area contributed by atoms with Gasteiger partial charge in [-0.2, -0.15) is 0 Å². The number of amides is 2. The van der Waals surface area contributed by atoms with E-state index in [2.05, 4.69) is 20.6 Å². The van der Waals surface area contributed by atoms with Crippen LogP contribution in [0.5, 0.6) is 0 Å². The summed E-state index contributed by atoms with van der Waals surface area (Å²) in [7, 11) is 0. The monoisotopic (exact) mass is 263 g/mol. The molecule has 0 fully saturated rings. The Labute approximate surface area is 113 Å². The van der Waals surface area contributed by atoms with Crippen molar-refractivity contribution < 1.29 is 4.79 Å². The molecule has 0 spiro atoms. The van der Waals surface area contributed by atoms with Crippen LogP contribution in [0.3, 0.4) is 0 Å². The van der Waals surface area contributed by atoms with Gasteiger partial charge in [0.2, 0.25) is 0 Å². The van der Waals surface area contributed by atoms with E-state index in [0.717, 1.165) is 18.5 Å². The fourth-order valence-electron chi connectivity index (χ4n) is 1.59. The van der Waals surface area contributed by atoms with E-state index in [1.165, 1.54) is 0 Å². The molecule has 104 valence electrons. The third kappa shape index (κ3) is 5.37. The van der Waals surface area contributed by atoms with Gasteiger partial charge >= 0.3 is 6.03 Å². The lowest BCUT2D eigenvalue weighted by molar-refractivity contribution is 0.252. The minimum atomic E-state index is -0.627. The molecule has 2 amide bonds. The van der Waals surface area contributed by atoms with Crippen LogP contribution in [0.1, 0.15) is 38.4 Å². The highest BCUT2D eigenvalue weighted by molar-refractivity contribution is 5.95. The average Bonchev–Trinajstić information content (AvgIpc) is 2.42. The smallest absolute Gasteiger partial charge is 0.318 e. The van der Waals surface area contributed by atoms with E-state index in [1.807, 2.05) is 32.0 Å². The Bertz CT molecular complexity index is 418. The number of aliphatic imine (C=N–C) groups is 1. The number of guanidine groups is 1. The van der Waals surface area contributed by atoms with Crippen molar-refractivity contribution in [2.45, 2.75) is 32.7 Å². The van der Waals surface area contributed by atoms with E-state index in [9.17, 15) is 4.79 Å². The minimum Gasteiger partial charge on any atom is -0.351 e. The second-order valence-corrected chi connectivity index (χ2v) is 4.08. The zero-order chi connectivity index (χ0) is 14.1. The molecule has 0 aliphatic carbocycles. The highest BCUT2D eigenvalue weighted by Crippen LogP contribution is 2.12. The van der Waals surface area contributed by atoms with Crippen LogP contribution in [0.2, 0.25) is 0 Å². The first-order chi connectivity index (χ1) is 9.17. The number of nitrogens with two attached hydrogens (primary N) is 1. The predicted octanol–water partition coefficient (Wildman–Crippen LogP) is 1.56. The highest BCUT2D eigenvalue weighted by Gasteiger charge is 2.13. The van der Waals surface area contributed by atoms with Crippen molar-refractivity contribution in [1.29, 1.82) is 0 Å². The standard InChI is InChI=1S/C13H21N5O/c1-3-8-16-13(18-12(14)19)17-10(4-2)11-7-5-6-9-15-11/h5-7,9-10H,3-4,8H2,1-2H3,(H4,14,16,17,18,19). The molecule has 1 aromatic rings. The van der Waals surface area contributed by atoms with Crippen molar-refractivity contribution in [2.75, 3.05) is 6.54 Å². The first-order valence-electron chi connectivity index (χ1n) is 6.45. The van der Waals surface area contributed by atoms with Gasteiger partial charge in [0.25, 0.3) is 0 Å². The van der Waals surface area contributed by atoms with Crippen LogP contribution in [-0.2, 0) is 0 Å². The van der Waals surface area contributed by atoms with Gasteiger partial charge in [-0.15, -0.1) is 0 Å². The molecule has 0 aliphatic rings. The molecule has 6 nitrogen and oxygen atoms in total. The molecule has 0 saturated carbocycles. The Hall–Kier alpha value is -2.11. The zero-order valence-corrected chi connectivity index (χ0v) is 11.4. The molecular formula is C13H21N5O. The van der Waals surface area contributed by atoms with E-state index in [1.54, 1.807) is 6.20 Å². The largest absolute Gasteiger partial charge is 0.351 e. The van der Waals surface area contributed by atoms with Crippen molar-refractivity contribution in [1.82, 2.24) is 15.6 Å². The summed E-state index contributed by atoms with van der Waals surface area (Å²) >= 11 is 0. The van der Waals surface area contributed by atoms with Crippen LogP contribution >= 0.6 is 0 Å². The lowest BCUT2D eigenvalue weighted by Gasteiger charge is -2.19. The summed E-state index contributed by atoms with van der Waals surface area (Å²) in [5, 5.41) is 5.66. The number of primary amides is 1. The summed E-state index contributed by atoms with van der Waals surface area (Å²) in [6.07, 6.45) is 3.46. The number of nitrogens with one attached hydrogen (secondary N) is 2. The molecule has 6 heteroatoms. The number of urea groups is 1. The van der Waals surface area contributed by atoms with E-state index in [-0.39, 0.29) is 6.04 Å². The molecule has 0 bridgehead atoms. The summed E-state index contributed by atoms with van der Waals surface area (Å²) in [4.78, 5) is 19.5. The number of pyridine rings is 1. The van der Waals surface area contributed by atoms with Gasteiger partial charge in [-0.25, -0.2) is 4.79 Å². The van der Waals surface area contributed by atoms with E-state index in [0.29, 0.717) is 12.5 Å². The van der Waals surface area contributed by atoms with Crippen molar-refractivity contribution in [2.24, 2.45) is 10.7 Å². The molecule has 0 aliphatic heterocycles. The van der Waals surface area contributed by atoms with Crippen molar-refractivity contribution in [3.05, 3.63) is 30.1 Å². The van der Waals surface area contributed by atoms with Gasteiger partial charge in [0.1, 0.15) is 0 Å². The molecule has 1 rings (SSSR count). The zero-order valence-electron chi connectivity index (χ0n) is 11.4. The highest BCUT2D eigenvalue weighted by atomic mass is 16.2. The Kier molecular flexibility index (Phi) is 6.35. The third-order valence-corrected chi connectivity index (χ3v) is 2.50. The molecular weight excluding hydrogens is 242 g/mol.